The zero-order chi connectivity index (χ0) is 22.9. The average Bonchev–Trinajstić information content (AvgIpc) is 3.30. The minimum absolute atomic E-state index is 0.00278. The van der Waals surface area contributed by atoms with E-state index in [4.69, 9.17) is 12.2 Å². The van der Waals surface area contributed by atoms with Crippen LogP contribution >= 0.6 is 28.1 Å². The minimum Gasteiger partial charge on any atom is -0.352 e. The molecule has 1 N–H and O–H groups in total. The fraction of sp³-hybridized carbons (Fsp3) is 0.192. The van der Waals surface area contributed by atoms with Gasteiger partial charge in [-0.1, -0.05) is 18.2 Å². The number of aromatic nitrogens is 3. The second-order valence-corrected chi connectivity index (χ2v) is 9.46. The van der Waals surface area contributed by atoms with Gasteiger partial charge in [-0.15, -0.1) is 0 Å². The van der Waals surface area contributed by atoms with E-state index in [0.717, 1.165) is 21.0 Å². The van der Waals surface area contributed by atoms with Crippen LogP contribution in [0.2, 0.25) is 0 Å². The van der Waals surface area contributed by atoms with Crippen LogP contribution in [0.5, 0.6) is 0 Å². The van der Waals surface area contributed by atoms with E-state index in [0.29, 0.717) is 6.54 Å². The number of thiocarbonyl (C=S) groups is 1. The second kappa shape index (κ2) is 9.08. The molecule has 0 amide bonds. The van der Waals surface area contributed by atoms with E-state index in [9.17, 15) is 0 Å². The average molecular weight is 518 g/mol. The first-order chi connectivity index (χ1) is 16.0. The second-order valence-electron chi connectivity index (χ2n) is 8.22. The van der Waals surface area contributed by atoms with Gasteiger partial charge in [0, 0.05) is 41.0 Å². The lowest BCUT2D eigenvalue weighted by Gasteiger charge is -2.28. The van der Waals surface area contributed by atoms with Crippen molar-refractivity contribution in [3.8, 4) is 5.69 Å². The number of hydrogen-bond donors (Lipinski definition) is 1. The van der Waals surface area contributed by atoms with E-state index < -0.39 is 0 Å². The highest BCUT2D eigenvalue weighted by Crippen LogP contribution is 2.42. The van der Waals surface area contributed by atoms with E-state index in [1.807, 2.05) is 48.9 Å². The molecule has 0 saturated carbocycles. The molecule has 3 aromatic heterocycles. The maximum Gasteiger partial charge on any atom is 0.170 e. The van der Waals surface area contributed by atoms with Crippen molar-refractivity contribution < 1.29 is 0 Å². The molecule has 33 heavy (non-hydrogen) atoms. The first kappa shape index (κ1) is 21.8. The lowest BCUT2D eigenvalue weighted by molar-refractivity contribution is 0.310. The quantitative estimate of drug-likeness (QED) is 0.338. The van der Waals surface area contributed by atoms with Gasteiger partial charge in [0.1, 0.15) is 0 Å². The Labute approximate surface area is 207 Å². The molecule has 5 nitrogen and oxygen atoms in total. The standard InChI is InChI=1S/C26H24BrN5S/c1-17-15-20(18(2)32(17)23-9-4-3-7-21(23)27)25-24(22-8-5-6-12-29-22)30-26(33)31(25)16-19-10-13-28-14-11-19/h3-15,24-25H,16H2,1-2H3,(H,30,33)/t24-,25-/m1/s1. The molecule has 1 aliphatic heterocycles. The summed E-state index contributed by atoms with van der Waals surface area (Å²) in [6, 6.07) is 20.7. The molecule has 0 spiro atoms. The van der Waals surface area contributed by atoms with Crippen molar-refractivity contribution in [3.05, 3.63) is 112 Å². The molecule has 7 heteroatoms. The third-order valence-corrected chi connectivity index (χ3v) is 7.21. The largest absolute Gasteiger partial charge is 0.352 e. The Kier molecular flexibility index (Phi) is 6.00. The number of benzene rings is 1. The van der Waals surface area contributed by atoms with Crippen molar-refractivity contribution in [1.82, 2.24) is 24.8 Å². The molecule has 2 atom stereocenters. The van der Waals surface area contributed by atoms with Gasteiger partial charge in [0.15, 0.2) is 5.11 Å². The Morgan fingerprint density at radius 2 is 1.76 bits per heavy atom. The number of nitrogens with one attached hydrogen (secondary N) is 1. The van der Waals surface area contributed by atoms with Crippen molar-refractivity contribution in [1.29, 1.82) is 0 Å². The summed E-state index contributed by atoms with van der Waals surface area (Å²) in [5.74, 6) is 0. The van der Waals surface area contributed by atoms with Gasteiger partial charge in [0.05, 0.1) is 23.5 Å². The van der Waals surface area contributed by atoms with E-state index in [1.165, 1.54) is 22.5 Å². The summed E-state index contributed by atoms with van der Waals surface area (Å²) in [6.07, 6.45) is 5.49. The molecule has 1 fully saturated rings. The maximum absolute atomic E-state index is 5.85. The predicted octanol–water partition coefficient (Wildman–Crippen LogP) is 5.82. The molecule has 0 unspecified atom stereocenters. The highest BCUT2D eigenvalue weighted by molar-refractivity contribution is 9.10. The molecule has 1 aliphatic rings. The molecular weight excluding hydrogens is 494 g/mol. The normalized spacial score (nSPS) is 17.9. The number of para-hydroxylation sites is 1. The molecule has 4 aromatic rings. The molecular formula is C26H24BrN5S. The highest BCUT2D eigenvalue weighted by Gasteiger charge is 2.41. The van der Waals surface area contributed by atoms with Crippen LogP contribution in [0, 0.1) is 13.8 Å². The summed E-state index contributed by atoms with van der Waals surface area (Å²) in [5.41, 5.74) is 6.88. The Hall–Kier alpha value is -3.03. The lowest BCUT2D eigenvalue weighted by Crippen LogP contribution is -2.29. The van der Waals surface area contributed by atoms with Crippen molar-refractivity contribution in [2.24, 2.45) is 0 Å². The molecule has 5 rings (SSSR count). The van der Waals surface area contributed by atoms with E-state index in [2.05, 4.69) is 84.9 Å². The van der Waals surface area contributed by atoms with Gasteiger partial charge in [-0.05, 0) is 95.6 Å². The van der Waals surface area contributed by atoms with Crippen LogP contribution in [-0.4, -0.2) is 24.5 Å². The number of halogens is 1. The fourth-order valence-corrected chi connectivity index (χ4v) is 5.46. The maximum atomic E-state index is 5.85. The number of hydrogen-bond acceptors (Lipinski definition) is 3. The minimum atomic E-state index is -0.0475. The molecule has 1 saturated heterocycles. The Bertz CT molecular complexity index is 1290. The predicted molar refractivity (Wildman–Crippen MR) is 138 cm³/mol. The number of pyridine rings is 2. The van der Waals surface area contributed by atoms with Crippen molar-refractivity contribution >= 4 is 33.3 Å². The van der Waals surface area contributed by atoms with Crippen LogP contribution in [0.15, 0.2) is 83.7 Å². The topological polar surface area (TPSA) is 46.0 Å². The molecule has 0 aliphatic carbocycles. The van der Waals surface area contributed by atoms with Crippen LogP contribution in [0.25, 0.3) is 5.69 Å². The number of rotatable bonds is 5. The first-order valence-corrected chi connectivity index (χ1v) is 12.1. The summed E-state index contributed by atoms with van der Waals surface area (Å²) in [6.45, 7) is 5.03. The monoisotopic (exact) mass is 517 g/mol. The smallest absolute Gasteiger partial charge is 0.170 e. The van der Waals surface area contributed by atoms with Crippen LogP contribution in [0.3, 0.4) is 0 Å². The first-order valence-electron chi connectivity index (χ1n) is 10.9. The Balaban J connectivity index is 1.63. The lowest BCUT2D eigenvalue weighted by atomic mass is 9.96. The van der Waals surface area contributed by atoms with Gasteiger partial charge in [0.2, 0.25) is 0 Å². The van der Waals surface area contributed by atoms with E-state index >= 15 is 0 Å². The van der Waals surface area contributed by atoms with Crippen LogP contribution in [0.4, 0.5) is 0 Å². The van der Waals surface area contributed by atoms with Gasteiger partial charge >= 0.3 is 0 Å². The van der Waals surface area contributed by atoms with Gasteiger partial charge < -0.3 is 14.8 Å². The van der Waals surface area contributed by atoms with Gasteiger partial charge in [-0.2, -0.15) is 0 Å². The SMILES string of the molecule is Cc1cc([C@@H]2[C@@H](c3ccccn3)NC(=S)N2Cc2ccncc2)c(C)n1-c1ccccc1Br. The van der Waals surface area contributed by atoms with E-state index in [-0.39, 0.29) is 12.1 Å². The summed E-state index contributed by atoms with van der Waals surface area (Å²) >= 11 is 9.58. The van der Waals surface area contributed by atoms with Crippen LogP contribution in [0.1, 0.15) is 40.3 Å². The third kappa shape index (κ3) is 4.07. The molecule has 1 aromatic carbocycles. The summed E-state index contributed by atoms with van der Waals surface area (Å²) in [7, 11) is 0. The van der Waals surface area contributed by atoms with Crippen molar-refractivity contribution in [3.63, 3.8) is 0 Å². The number of aryl methyl sites for hydroxylation is 1. The number of nitrogens with zero attached hydrogens (tertiary/aromatic N) is 4. The van der Waals surface area contributed by atoms with Crippen molar-refractivity contribution in [2.75, 3.05) is 0 Å². The summed E-state index contributed by atoms with van der Waals surface area (Å²) < 4.78 is 3.37. The van der Waals surface area contributed by atoms with Gasteiger partial charge in [-0.25, -0.2) is 0 Å². The molecule has 0 radical (unpaired) electrons. The zero-order valence-corrected chi connectivity index (χ0v) is 20.8. The highest BCUT2D eigenvalue weighted by atomic mass is 79.9. The Morgan fingerprint density at radius 3 is 2.48 bits per heavy atom. The Morgan fingerprint density at radius 1 is 1.00 bits per heavy atom. The zero-order valence-electron chi connectivity index (χ0n) is 18.4. The van der Waals surface area contributed by atoms with Gasteiger partial charge in [-0.3, -0.25) is 9.97 Å². The van der Waals surface area contributed by atoms with E-state index in [1.54, 1.807) is 0 Å². The van der Waals surface area contributed by atoms with Crippen molar-refractivity contribution in [2.45, 2.75) is 32.5 Å². The molecule has 4 heterocycles. The summed E-state index contributed by atoms with van der Waals surface area (Å²) in [4.78, 5) is 11.1. The molecule has 166 valence electrons. The summed E-state index contributed by atoms with van der Waals surface area (Å²) in [5, 5.41) is 4.29. The van der Waals surface area contributed by atoms with Crippen LogP contribution in [-0.2, 0) is 6.54 Å². The fourth-order valence-electron chi connectivity index (χ4n) is 4.69. The van der Waals surface area contributed by atoms with Crippen LogP contribution < -0.4 is 5.32 Å². The molecule has 0 bridgehead atoms. The third-order valence-electron chi connectivity index (χ3n) is 6.18. The van der Waals surface area contributed by atoms with Gasteiger partial charge in [0.25, 0.3) is 0 Å².